The predicted molar refractivity (Wildman–Crippen MR) is 69.3 cm³/mol. The van der Waals surface area contributed by atoms with Crippen LogP contribution in [0.2, 0.25) is 0 Å². The van der Waals surface area contributed by atoms with Crippen molar-refractivity contribution in [1.29, 1.82) is 0 Å². The maximum atomic E-state index is 4.04. The normalized spacial score (nSPS) is 14.4. The van der Waals surface area contributed by atoms with Crippen LogP contribution in [-0.4, -0.2) is 11.0 Å². The second kappa shape index (κ2) is 7.18. The number of hydrogen-bond donors (Lipinski definition) is 1. The molecule has 2 nitrogen and oxygen atoms in total. The average Bonchev–Trinajstić information content (AvgIpc) is 2.35. The summed E-state index contributed by atoms with van der Waals surface area (Å²) in [6, 6.07) is 5.09. The molecule has 1 N–H and O–H groups in total. The molecule has 1 aromatic heterocycles. The molecule has 0 bridgehead atoms. The van der Waals surface area contributed by atoms with Gasteiger partial charge in [0.25, 0.3) is 0 Å². The molecule has 0 radical (unpaired) electrons. The van der Waals surface area contributed by atoms with Gasteiger partial charge in [0.15, 0.2) is 0 Å². The van der Waals surface area contributed by atoms with E-state index in [9.17, 15) is 0 Å². The summed E-state index contributed by atoms with van der Waals surface area (Å²) in [5, 5.41) is 3.64. The smallest absolute Gasteiger partial charge is 0.0295 e. The number of nitrogens with zero attached hydrogens (tertiary/aromatic N) is 1. The lowest BCUT2D eigenvalue weighted by Gasteiger charge is -2.22. The number of rotatable bonds is 7. The lowest BCUT2D eigenvalue weighted by molar-refractivity contribution is 0.422. The van der Waals surface area contributed by atoms with Crippen molar-refractivity contribution in [2.45, 2.75) is 45.2 Å². The van der Waals surface area contributed by atoms with E-state index in [1.165, 1.54) is 5.56 Å². The van der Waals surface area contributed by atoms with E-state index < -0.39 is 0 Å². The highest BCUT2D eigenvalue weighted by Gasteiger charge is 2.10. The summed E-state index contributed by atoms with van der Waals surface area (Å²) in [4.78, 5) is 4.04. The van der Waals surface area contributed by atoms with Gasteiger partial charge in [0, 0.05) is 24.5 Å². The molecule has 0 aliphatic carbocycles. The minimum absolute atomic E-state index is 0.387. The van der Waals surface area contributed by atoms with Crippen molar-refractivity contribution in [2.24, 2.45) is 0 Å². The molecule has 0 fully saturated rings. The van der Waals surface area contributed by atoms with Crippen LogP contribution in [0.15, 0.2) is 37.2 Å². The first kappa shape index (κ1) is 12.9. The van der Waals surface area contributed by atoms with Crippen LogP contribution < -0.4 is 5.32 Å². The van der Waals surface area contributed by atoms with E-state index in [4.69, 9.17) is 0 Å². The lowest BCUT2D eigenvalue weighted by atomic mass is 10.0. The zero-order valence-electron chi connectivity index (χ0n) is 10.3. The maximum Gasteiger partial charge on any atom is 0.0295 e. The summed E-state index contributed by atoms with van der Waals surface area (Å²) in [6.07, 6.45) is 9.07. The molecule has 88 valence electrons. The molecular formula is C14H22N2. The number of nitrogens with one attached hydrogen (secondary N) is 1. The van der Waals surface area contributed by atoms with Crippen LogP contribution in [0, 0.1) is 0 Å². The van der Waals surface area contributed by atoms with Gasteiger partial charge in [0.2, 0.25) is 0 Å². The number of aromatic nitrogens is 1. The third-order valence-corrected chi connectivity index (χ3v) is 2.90. The molecule has 0 spiro atoms. The Balaban J connectivity index is 2.48. The van der Waals surface area contributed by atoms with Crippen molar-refractivity contribution in [2.75, 3.05) is 0 Å². The Kier molecular flexibility index (Phi) is 5.79. The van der Waals surface area contributed by atoms with Crippen LogP contribution in [0.25, 0.3) is 0 Å². The number of pyridine rings is 1. The quantitative estimate of drug-likeness (QED) is 0.709. The molecule has 1 aromatic rings. The Bertz CT molecular complexity index is 295. The molecule has 1 rings (SSSR count). The van der Waals surface area contributed by atoms with E-state index in [1.54, 1.807) is 0 Å². The van der Waals surface area contributed by atoms with Crippen LogP contribution in [0.3, 0.4) is 0 Å². The fourth-order valence-electron chi connectivity index (χ4n) is 1.83. The first-order chi connectivity index (χ1) is 7.77. The van der Waals surface area contributed by atoms with Gasteiger partial charge in [0.1, 0.15) is 0 Å². The monoisotopic (exact) mass is 218 g/mol. The Morgan fingerprint density at radius 2 is 2.12 bits per heavy atom. The molecule has 0 saturated heterocycles. The van der Waals surface area contributed by atoms with Crippen molar-refractivity contribution >= 4 is 0 Å². The summed E-state index contributed by atoms with van der Waals surface area (Å²) >= 11 is 0. The summed E-state index contributed by atoms with van der Waals surface area (Å²) in [5.74, 6) is 0. The Hall–Kier alpha value is -1.15. The molecule has 0 amide bonds. The van der Waals surface area contributed by atoms with Crippen LogP contribution in [-0.2, 0) is 0 Å². The highest BCUT2D eigenvalue weighted by molar-refractivity contribution is 5.14. The Morgan fingerprint density at radius 1 is 1.44 bits per heavy atom. The predicted octanol–water partition coefficient (Wildman–Crippen LogP) is 3.48. The fourth-order valence-corrected chi connectivity index (χ4v) is 1.83. The van der Waals surface area contributed by atoms with Crippen LogP contribution in [0.1, 0.15) is 44.7 Å². The van der Waals surface area contributed by atoms with Gasteiger partial charge in [-0.05, 0) is 43.9 Å². The summed E-state index contributed by atoms with van der Waals surface area (Å²) in [6.45, 7) is 8.19. The molecule has 0 saturated carbocycles. The van der Waals surface area contributed by atoms with Gasteiger partial charge in [-0.2, -0.15) is 0 Å². The molecule has 2 unspecified atom stereocenters. The van der Waals surface area contributed by atoms with Gasteiger partial charge in [-0.25, -0.2) is 0 Å². The van der Waals surface area contributed by atoms with E-state index >= 15 is 0 Å². The molecule has 16 heavy (non-hydrogen) atoms. The van der Waals surface area contributed by atoms with Gasteiger partial charge < -0.3 is 5.32 Å². The van der Waals surface area contributed by atoms with E-state index in [0.29, 0.717) is 12.1 Å². The zero-order valence-corrected chi connectivity index (χ0v) is 10.3. The molecule has 2 atom stereocenters. The van der Waals surface area contributed by atoms with Crippen molar-refractivity contribution in [3.05, 3.63) is 42.7 Å². The number of hydrogen-bond acceptors (Lipinski definition) is 2. The van der Waals surface area contributed by atoms with Gasteiger partial charge >= 0.3 is 0 Å². The average molecular weight is 218 g/mol. The summed E-state index contributed by atoms with van der Waals surface area (Å²) in [7, 11) is 0. The summed E-state index contributed by atoms with van der Waals surface area (Å²) < 4.78 is 0. The topological polar surface area (TPSA) is 24.9 Å². The molecule has 0 aliphatic heterocycles. The first-order valence-electron chi connectivity index (χ1n) is 6.04. The SMILES string of the molecule is C=CCCC(CC)NC(C)c1ccncc1. The second-order valence-corrected chi connectivity index (χ2v) is 4.14. The standard InChI is InChI=1S/C14H22N2/c1-4-6-7-14(5-2)16-12(3)13-8-10-15-11-9-13/h4,8-12,14,16H,1,5-7H2,2-3H3. The van der Waals surface area contributed by atoms with Crippen LogP contribution in [0.5, 0.6) is 0 Å². The van der Waals surface area contributed by atoms with Gasteiger partial charge in [-0.15, -0.1) is 6.58 Å². The number of allylic oxidation sites excluding steroid dienone is 1. The van der Waals surface area contributed by atoms with E-state index in [2.05, 4.69) is 42.9 Å². The van der Waals surface area contributed by atoms with Gasteiger partial charge in [-0.1, -0.05) is 13.0 Å². The van der Waals surface area contributed by atoms with Crippen molar-refractivity contribution in [3.63, 3.8) is 0 Å². The van der Waals surface area contributed by atoms with E-state index in [1.807, 2.05) is 18.5 Å². The van der Waals surface area contributed by atoms with E-state index in [-0.39, 0.29) is 0 Å². The third-order valence-electron chi connectivity index (χ3n) is 2.90. The highest BCUT2D eigenvalue weighted by Crippen LogP contribution is 2.14. The molecule has 1 heterocycles. The van der Waals surface area contributed by atoms with Crippen molar-refractivity contribution in [1.82, 2.24) is 10.3 Å². The zero-order chi connectivity index (χ0) is 11.8. The van der Waals surface area contributed by atoms with Crippen molar-refractivity contribution < 1.29 is 0 Å². The Morgan fingerprint density at radius 3 is 2.69 bits per heavy atom. The highest BCUT2D eigenvalue weighted by atomic mass is 14.9. The first-order valence-corrected chi connectivity index (χ1v) is 6.04. The van der Waals surface area contributed by atoms with E-state index in [0.717, 1.165) is 19.3 Å². The van der Waals surface area contributed by atoms with Gasteiger partial charge in [0.05, 0.1) is 0 Å². The fraction of sp³-hybridized carbons (Fsp3) is 0.500. The molecule has 0 aliphatic rings. The molecule has 0 aromatic carbocycles. The molecule has 2 heteroatoms. The lowest BCUT2D eigenvalue weighted by Crippen LogP contribution is -2.30. The van der Waals surface area contributed by atoms with Crippen LogP contribution >= 0.6 is 0 Å². The van der Waals surface area contributed by atoms with Crippen LogP contribution in [0.4, 0.5) is 0 Å². The molecular weight excluding hydrogens is 196 g/mol. The second-order valence-electron chi connectivity index (χ2n) is 4.14. The maximum absolute atomic E-state index is 4.04. The minimum Gasteiger partial charge on any atom is -0.307 e. The van der Waals surface area contributed by atoms with Gasteiger partial charge in [-0.3, -0.25) is 4.98 Å². The Labute approximate surface area is 98.8 Å². The largest absolute Gasteiger partial charge is 0.307 e. The minimum atomic E-state index is 0.387. The third kappa shape index (κ3) is 4.15. The summed E-state index contributed by atoms with van der Waals surface area (Å²) in [5.41, 5.74) is 1.30. The van der Waals surface area contributed by atoms with Crippen molar-refractivity contribution in [3.8, 4) is 0 Å².